The number of nitrogens with one attached hydrogen (secondary N) is 1. The Morgan fingerprint density at radius 2 is 2.10 bits per heavy atom. The lowest BCUT2D eigenvalue weighted by atomic mass is 10.4. The lowest BCUT2D eigenvalue weighted by Crippen LogP contribution is -2.42. The lowest BCUT2D eigenvalue weighted by molar-refractivity contribution is -0.153. The Kier molecular flexibility index (Phi) is 7.06. The molecule has 21 heavy (non-hydrogen) atoms. The highest BCUT2D eigenvalue weighted by Crippen LogP contribution is 2.06. The zero-order chi connectivity index (χ0) is 15.7. The van der Waals surface area contributed by atoms with Crippen molar-refractivity contribution in [1.82, 2.24) is 10.2 Å². The average Bonchev–Trinajstić information content (AvgIpc) is 2.51. The minimum absolute atomic E-state index is 0.0664. The normalized spacial score (nSPS) is 13.3. The zero-order valence-corrected chi connectivity index (χ0v) is 12.2. The molecule has 0 aromatic carbocycles. The standard InChI is InChI=1S/C13H20N2O6/c1-3-14-11(16)7-15(4-2)12(17)9-21-13(18)10-8-19-5-6-20-10/h8H,3-7,9H2,1-2H3,(H,14,16). The largest absolute Gasteiger partial charge is 0.493 e. The van der Waals surface area contributed by atoms with Gasteiger partial charge in [0.15, 0.2) is 6.61 Å². The quantitative estimate of drug-likeness (QED) is 0.631. The highest BCUT2D eigenvalue weighted by Gasteiger charge is 2.20. The summed E-state index contributed by atoms with van der Waals surface area (Å²) in [5, 5.41) is 2.60. The number of carbonyl (C=O) groups excluding carboxylic acids is 3. The van der Waals surface area contributed by atoms with E-state index in [0.29, 0.717) is 19.7 Å². The van der Waals surface area contributed by atoms with Crippen LogP contribution in [-0.4, -0.2) is 62.1 Å². The molecule has 1 heterocycles. The summed E-state index contributed by atoms with van der Waals surface area (Å²) in [6.07, 6.45) is 1.16. The van der Waals surface area contributed by atoms with Crippen LogP contribution in [-0.2, 0) is 28.6 Å². The summed E-state index contributed by atoms with van der Waals surface area (Å²) >= 11 is 0. The van der Waals surface area contributed by atoms with Gasteiger partial charge in [-0.1, -0.05) is 0 Å². The molecule has 0 saturated heterocycles. The third-order valence-electron chi connectivity index (χ3n) is 2.62. The van der Waals surface area contributed by atoms with Gasteiger partial charge in [-0.15, -0.1) is 0 Å². The van der Waals surface area contributed by atoms with Crippen LogP contribution in [0.2, 0.25) is 0 Å². The van der Waals surface area contributed by atoms with Gasteiger partial charge in [0.05, 0.1) is 6.54 Å². The molecule has 0 aromatic rings. The van der Waals surface area contributed by atoms with Crippen LogP contribution in [0.1, 0.15) is 13.8 Å². The van der Waals surface area contributed by atoms with E-state index < -0.39 is 18.5 Å². The summed E-state index contributed by atoms with van der Waals surface area (Å²) in [7, 11) is 0. The van der Waals surface area contributed by atoms with E-state index in [1.165, 1.54) is 4.90 Å². The van der Waals surface area contributed by atoms with Gasteiger partial charge in [-0.3, -0.25) is 9.59 Å². The van der Waals surface area contributed by atoms with Crippen molar-refractivity contribution < 1.29 is 28.6 Å². The van der Waals surface area contributed by atoms with E-state index in [4.69, 9.17) is 14.2 Å². The fourth-order valence-electron chi connectivity index (χ4n) is 1.57. The van der Waals surface area contributed by atoms with E-state index in [-0.39, 0.29) is 24.8 Å². The van der Waals surface area contributed by atoms with Crippen LogP contribution in [0.5, 0.6) is 0 Å². The first-order valence-corrected chi connectivity index (χ1v) is 6.74. The summed E-state index contributed by atoms with van der Waals surface area (Å²) in [5.74, 6) is -1.54. The number of esters is 1. The van der Waals surface area contributed by atoms with E-state index >= 15 is 0 Å². The highest BCUT2D eigenvalue weighted by atomic mass is 16.6. The number of nitrogens with zero attached hydrogens (tertiary/aromatic N) is 1. The van der Waals surface area contributed by atoms with Crippen molar-refractivity contribution in [2.45, 2.75) is 13.8 Å². The minimum Gasteiger partial charge on any atom is -0.493 e. The first kappa shape index (κ1) is 16.8. The molecule has 0 fully saturated rings. The third-order valence-corrected chi connectivity index (χ3v) is 2.62. The topological polar surface area (TPSA) is 94.2 Å². The van der Waals surface area contributed by atoms with E-state index in [1.54, 1.807) is 13.8 Å². The molecule has 0 radical (unpaired) electrons. The number of likely N-dealkylation sites (N-methyl/N-ethyl adjacent to an activating group) is 2. The van der Waals surface area contributed by atoms with Gasteiger partial charge >= 0.3 is 5.97 Å². The van der Waals surface area contributed by atoms with Crippen molar-refractivity contribution >= 4 is 17.8 Å². The molecule has 2 amide bonds. The van der Waals surface area contributed by atoms with Crippen LogP contribution in [0.25, 0.3) is 0 Å². The first-order valence-electron chi connectivity index (χ1n) is 6.74. The highest BCUT2D eigenvalue weighted by molar-refractivity contribution is 5.90. The van der Waals surface area contributed by atoms with E-state index in [1.807, 2.05) is 0 Å². The smallest absolute Gasteiger partial charge is 0.377 e. The second kappa shape index (κ2) is 8.83. The Morgan fingerprint density at radius 3 is 2.67 bits per heavy atom. The number of carbonyl (C=O) groups is 3. The van der Waals surface area contributed by atoms with Crippen molar-refractivity contribution in [2.75, 3.05) is 39.5 Å². The van der Waals surface area contributed by atoms with Gasteiger partial charge in [0.2, 0.25) is 11.7 Å². The van der Waals surface area contributed by atoms with E-state index in [0.717, 1.165) is 6.26 Å². The summed E-state index contributed by atoms with van der Waals surface area (Å²) in [5.41, 5.74) is 0. The van der Waals surface area contributed by atoms with Crippen LogP contribution in [0.3, 0.4) is 0 Å². The molecule has 1 rings (SSSR count). The number of ether oxygens (including phenoxy) is 3. The molecule has 0 atom stereocenters. The van der Waals surface area contributed by atoms with Crippen molar-refractivity contribution in [3.63, 3.8) is 0 Å². The van der Waals surface area contributed by atoms with Gasteiger partial charge in [-0.2, -0.15) is 0 Å². The van der Waals surface area contributed by atoms with Gasteiger partial charge < -0.3 is 24.4 Å². The van der Waals surface area contributed by atoms with Crippen LogP contribution < -0.4 is 5.32 Å². The van der Waals surface area contributed by atoms with Gasteiger partial charge in [-0.25, -0.2) is 4.79 Å². The molecule has 0 unspecified atom stereocenters. The van der Waals surface area contributed by atoms with Crippen LogP contribution >= 0.6 is 0 Å². The second-order valence-corrected chi connectivity index (χ2v) is 4.14. The number of amides is 2. The summed E-state index contributed by atoms with van der Waals surface area (Å²) in [6.45, 7) is 4.47. The first-order chi connectivity index (χ1) is 10.1. The minimum atomic E-state index is -0.767. The maximum absolute atomic E-state index is 11.9. The third kappa shape index (κ3) is 5.72. The summed E-state index contributed by atoms with van der Waals surface area (Å²) < 4.78 is 14.8. The van der Waals surface area contributed by atoms with Crippen LogP contribution in [0.4, 0.5) is 0 Å². The maximum atomic E-state index is 11.9. The van der Waals surface area contributed by atoms with Crippen molar-refractivity contribution in [3.8, 4) is 0 Å². The number of rotatable bonds is 7. The second-order valence-electron chi connectivity index (χ2n) is 4.14. The fourth-order valence-corrected chi connectivity index (χ4v) is 1.57. The Bertz CT molecular complexity index is 421. The molecule has 8 heteroatoms. The molecule has 1 aliphatic rings. The fraction of sp³-hybridized carbons (Fsp3) is 0.615. The predicted octanol–water partition coefficient (Wildman–Crippen LogP) is -0.598. The van der Waals surface area contributed by atoms with E-state index in [9.17, 15) is 14.4 Å². The molecular formula is C13H20N2O6. The predicted molar refractivity (Wildman–Crippen MR) is 71.9 cm³/mol. The molecular weight excluding hydrogens is 280 g/mol. The molecule has 1 N–H and O–H groups in total. The maximum Gasteiger partial charge on any atom is 0.377 e. The summed E-state index contributed by atoms with van der Waals surface area (Å²) in [6, 6.07) is 0. The van der Waals surface area contributed by atoms with E-state index in [2.05, 4.69) is 5.32 Å². The van der Waals surface area contributed by atoms with Gasteiger partial charge in [0, 0.05) is 13.1 Å². The molecule has 8 nitrogen and oxygen atoms in total. The lowest BCUT2D eigenvalue weighted by Gasteiger charge is -2.20. The molecule has 0 aliphatic carbocycles. The zero-order valence-electron chi connectivity index (χ0n) is 12.2. The molecule has 0 bridgehead atoms. The SMILES string of the molecule is CCNC(=O)CN(CC)C(=O)COC(=O)C1=COCCO1. The average molecular weight is 300 g/mol. The number of hydrogen-bond acceptors (Lipinski definition) is 6. The van der Waals surface area contributed by atoms with Crippen LogP contribution in [0, 0.1) is 0 Å². The molecule has 0 spiro atoms. The van der Waals surface area contributed by atoms with Gasteiger partial charge in [-0.05, 0) is 13.8 Å². The van der Waals surface area contributed by atoms with Gasteiger partial charge in [0.25, 0.3) is 5.91 Å². The molecule has 1 aliphatic heterocycles. The Balaban J connectivity index is 2.41. The number of hydrogen-bond donors (Lipinski definition) is 1. The Labute approximate surface area is 123 Å². The summed E-state index contributed by atoms with van der Waals surface area (Å²) in [4.78, 5) is 36.2. The van der Waals surface area contributed by atoms with Crippen molar-refractivity contribution in [2.24, 2.45) is 0 Å². The van der Waals surface area contributed by atoms with Crippen LogP contribution in [0.15, 0.2) is 12.0 Å². The van der Waals surface area contributed by atoms with Crippen molar-refractivity contribution in [3.05, 3.63) is 12.0 Å². The van der Waals surface area contributed by atoms with Gasteiger partial charge in [0.1, 0.15) is 19.5 Å². The van der Waals surface area contributed by atoms with Crippen molar-refractivity contribution in [1.29, 1.82) is 0 Å². The molecule has 0 aromatic heterocycles. The molecule has 118 valence electrons. The Hall–Kier alpha value is -2.25. The molecule has 0 saturated carbocycles. The monoisotopic (exact) mass is 300 g/mol. The Morgan fingerprint density at radius 1 is 1.33 bits per heavy atom.